The number of methoxy groups -OCH3 is 2. The maximum Gasteiger partial charge on any atom is 0.338 e. The molecule has 0 aromatic rings. The predicted octanol–water partition coefficient (Wildman–Crippen LogP) is -1.11. The Hall–Kier alpha value is -1.22. The van der Waals surface area contributed by atoms with E-state index in [0.29, 0.717) is 0 Å². The standard InChI is InChI=1S/C7H10O8/c1-11-5(8)3-4(6(9)12-2)14-7(13-3)15-10/h3-4,7,10H,1-2H3/t3-,4-/m1/s1. The van der Waals surface area contributed by atoms with Crippen LogP contribution in [0.3, 0.4) is 0 Å². The highest BCUT2D eigenvalue weighted by Crippen LogP contribution is 2.21. The van der Waals surface area contributed by atoms with Crippen LogP contribution in [-0.2, 0) is 33.4 Å². The highest BCUT2D eigenvalue weighted by molar-refractivity contribution is 5.85. The SMILES string of the molecule is COC(=O)[C@@H]1OC(OO)O[C@H]1C(=O)OC. The summed E-state index contributed by atoms with van der Waals surface area (Å²) in [6, 6.07) is 0. The number of carbonyl (C=O) groups excluding carboxylic acids is 2. The van der Waals surface area contributed by atoms with Crippen molar-refractivity contribution in [2.24, 2.45) is 0 Å². The summed E-state index contributed by atoms with van der Waals surface area (Å²) < 4.78 is 18.2. The van der Waals surface area contributed by atoms with Gasteiger partial charge in [-0.2, -0.15) is 4.89 Å². The third-order valence-electron chi connectivity index (χ3n) is 1.74. The first-order chi connectivity index (χ1) is 7.13. The minimum absolute atomic E-state index is 0.829. The molecule has 1 aliphatic rings. The number of esters is 2. The lowest BCUT2D eigenvalue weighted by molar-refractivity contribution is -0.399. The van der Waals surface area contributed by atoms with Crippen molar-refractivity contribution in [3.63, 3.8) is 0 Å². The normalized spacial score (nSPS) is 26.3. The Kier molecular flexibility index (Phi) is 3.97. The molecule has 0 spiro atoms. The fraction of sp³-hybridized carbons (Fsp3) is 0.714. The number of ether oxygens (including phenoxy) is 4. The average molecular weight is 222 g/mol. The van der Waals surface area contributed by atoms with E-state index in [0.717, 1.165) is 14.2 Å². The number of rotatable bonds is 3. The number of hydrogen-bond donors (Lipinski definition) is 1. The lowest BCUT2D eigenvalue weighted by Crippen LogP contribution is -2.38. The average Bonchev–Trinajstić information content (AvgIpc) is 2.70. The molecule has 8 heteroatoms. The third kappa shape index (κ3) is 2.42. The summed E-state index contributed by atoms with van der Waals surface area (Å²) in [7, 11) is 2.24. The van der Waals surface area contributed by atoms with Gasteiger partial charge in [0, 0.05) is 0 Å². The second kappa shape index (κ2) is 5.03. The molecule has 1 saturated heterocycles. The van der Waals surface area contributed by atoms with Crippen molar-refractivity contribution in [1.29, 1.82) is 0 Å². The monoisotopic (exact) mass is 222 g/mol. The molecular weight excluding hydrogens is 212 g/mol. The molecule has 15 heavy (non-hydrogen) atoms. The molecule has 0 radical (unpaired) electrons. The molecule has 0 aliphatic carbocycles. The minimum Gasteiger partial charge on any atom is -0.467 e. The number of carbonyl (C=O) groups is 2. The fourth-order valence-electron chi connectivity index (χ4n) is 1.05. The zero-order valence-electron chi connectivity index (χ0n) is 8.04. The first kappa shape index (κ1) is 11.9. The van der Waals surface area contributed by atoms with Crippen LogP contribution in [0.15, 0.2) is 0 Å². The highest BCUT2D eigenvalue weighted by atomic mass is 17.2. The Morgan fingerprint density at radius 2 is 1.47 bits per heavy atom. The van der Waals surface area contributed by atoms with Crippen molar-refractivity contribution in [2.75, 3.05) is 14.2 Å². The lowest BCUT2D eigenvalue weighted by Gasteiger charge is -2.11. The van der Waals surface area contributed by atoms with Gasteiger partial charge in [-0.25, -0.2) is 14.8 Å². The lowest BCUT2D eigenvalue weighted by atomic mass is 10.2. The molecule has 0 aromatic heterocycles. The fourth-order valence-corrected chi connectivity index (χ4v) is 1.05. The molecule has 1 aliphatic heterocycles. The molecular formula is C7H10O8. The maximum atomic E-state index is 11.1. The quantitative estimate of drug-likeness (QED) is 0.364. The van der Waals surface area contributed by atoms with Crippen LogP contribution in [0.25, 0.3) is 0 Å². The van der Waals surface area contributed by atoms with E-state index in [4.69, 9.17) is 14.7 Å². The Morgan fingerprint density at radius 3 is 1.73 bits per heavy atom. The summed E-state index contributed by atoms with van der Waals surface area (Å²) in [5, 5.41) is 8.26. The summed E-state index contributed by atoms with van der Waals surface area (Å²) in [5.41, 5.74) is 0. The van der Waals surface area contributed by atoms with Crippen molar-refractivity contribution in [2.45, 2.75) is 18.7 Å². The maximum absolute atomic E-state index is 11.1. The Morgan fingerprint density at radius 1 is 1.07 bits per heavy atom. The predicted molar refractivity (Wildman–Crippen MR) is 41.3 cm³/mol. The molecule has 0 saturated carbocycles. The van der Waals surface area contributed by atoms with Gasteiger partial charge in [0.2, 0.25) is 0 Å². The molecule has 1 N–H and O–H groups in total. The highest BCUT2D eigenvalue weighted by Gasteiger charge is 2.47. The first-order valence-electron chi connectivity index (χ1n) is 3.90. The number of hydrogen-bond acceptors (Lipinski definition) is 8. The largest absolute Gasteiger partial charge is 0.467 e. The zero-order chi connectivity index (χ0) is 11.4. The molecule has 1 heterocycles. The van der Waals surface area contributed by atoms with E-state index in [9.17, 15) is 9.59 Å². The van der Waals surface area contributed by atoms with E-state index >= 15 is 0 Å². The van der Waals surface area contributed by atoms with E-state index in [-0.39, 0.29) is 0 Å². The minimum atomic E-state index is -1.52. The van der Waals surface area contributed by atoms with Crippen LogP contribution in [0.2, 0.25) is 0 Å². The first-order valence-corrected chi connectivity index (χ1v) is 3.90. The summed E-state index contributed by atoms with van der Waals surface area (Å²) in [5.74, 6) is -1.66. The summed E-state index contributed by atoms with van der Waals surface area (Å²) >= 11 is 0. The molecule has 0 unspecified atom stereocenters. The zero-order valence-corrected chi connectivity index (χ0v) is 8.04. The van der Waals surface area contributed by atoms with Crippen LogP contribution < -0.4 is 0 Å². The van der Waals surface area contributed by atoms with Crippen molar-refractivity contribution < 1.29 is 38.7 Å². The van der Waals surface area contributed by atoms with E-state index < -0.39 is 30.6 Å². The molecule has 0 aromatic carbocycles. The van der Waals surface area contributed by atoms with Crippen LogP contribution in [-0.4, -0.2) is 50.1 Å². The van der Waals surface area contributed by atoms with Crippen molar-refractivity contribution in [1.82, 2.24) is 0 Å². The molecule has 0 bridgehead atoms. The van der Waals surface area contributed by atoms with Crippen molar-refractivity contribution in [3.8, 4) is 0 Å². The second-order valence-electron chi connectivity index (χ2n) is 2.55. The van der Waals surface area contributed by atoms with Gasteiger partial charge in [-0.3, -0.25) is 0 Å². The molecule has 86 valence electrons. The van der Waals surface area contributed by atoms with Crippen LogP contribution in [0.4, 0.5) is 0 Å². The van der Waals surface area contributed by atoms with Crippen LogP contribution in [0.1, 0.15) is 0 Å². The van der Waals surface area contributed by atoms with E-state index in [1.807, 2.05) is 0 Å². The Labute approximate surface area is 84.5 Å². The van der Waals surface area contributed by atoms with E-state index in [2.05, 4.69) is 14.4 Å². The topological polar surface area (TPSA) is 101 Å². The molecule has 1 rings (SSSR count). The Balaban J connectivity index is 2.73. The van der Waals surface area contributed by atoms with Gasteiger partial charge in [-0.05, 0) is 0 Å². The molecule has 2 atom stereocenters. The molecule has 1 fully saturated rings. The van der Waals surface area contributed by atoms with Gasteiger partial charge in [-0.1, -0.05) is 0 Å². The van der Waals surface area contributed by atoms with Gasteiger partial charge in [0.25, 0.3) is 0 Å². The summed E-state index contributed by atoms with van der Waals surface area (Å²) in [4.78, 5) is 26.0. The van der Waals surface area contributed by atoms with Gasteiger partial charge < -0.3 is 18.9 Å². The van der Waals surface area contributed by atoms with E-state index in [1.165, 1.54) is 0 Å². The Bertz CT molecular complexity index is 227. The van der Waals surface area contributed by atoms with Gasteiger partial charge >= 0.3 is 18.4 Å². The van der Waals surface area contributed by atoms with Crippen molar-refractivity contribution in [3.05, 3.63) is 0 Å². The van der Waals surface area contributed by atoms with Crippen LogP contribution in [0, 0.1) is 0 Å². The molecule has 8 nitrogen and oxygen atoms in total. The van der Waals surface area contributed by atoms with Gasteiger partial charge in [-0.15, -0.1) is 0 Å². The third-order valence-corrected chi connectivity index (χ3v) is 1.74. The smallest absolute Gasteiger partial charge is 0.338 e. The van der Waals surface area contributed by atoms with E-state index in [1.54, 1.807) is 0 Å². The summed E-state index contributed by atoms with van der Waals surface area (Å²) in [6.07, 6.45) is -2.64. The summed E-state index contributed by atoms with van der Waals surface area (Å²) in [6.45, 7) is -1.52. The van der Waals surface area contributed by atoms with Gasteiger partial charge in [0.15, 0.2) is 12.2 Å². The second-order valence-corrected chi connectivity index (χ2v) is 2.55. The van der Waals surface area contributed by atoms with Crippen LogP contribution in [0.5, 0.6) is 0 Å². The molecule has 0 amide bonds. The van der Waals surface area contributed by atoms with Crippen LogP contribution >= 0.6 is 0 Å². The van der Waals surface area contributed by atoms with Gasteiger partial charge in [0.1, 0.15) is 0 Å². The van der Waals surface area contributed by atoms with Gasteiger partial charge in [0.05, 0.1) is 14.2 Å². The van der Waals surface area contributed by atoms with Crippen molar-refractivity contribution >= 4 is 11.9 Å².